The van der Waals surface area contributed by atoms with Crippen LogP contribution in [0.4, 0.5) is 17.1 Å². The van der Waals surface area contributed by atoms with Gasteiger partial charge in [-0.05, 0) is 110 Å². The number of anilines is 3. The zero-order chi connectivity index (χ0) is 44.3. The summed E-state index contributed by atoms with van der Waals surface area (Å²) in [6.45, 7) is 0. The van der Waals surface area contributed by atoms with E-state index in [1.54, 1.807) is 0 Å². The van der Waals surface area contributed by atoms with Gasteiger partial charge in [-0.3, -0.25) is 0 Å². The first-order valence-electron chi connectivity index (χ1n) is 23.2. The quantitative estimate of drug-likeness (QED) is 0.148. The Kier molecular flexibility index (Phi) is 9.11. The van der Waals surface area contributed by atoms with Crippen molar-refractivity contribution in [2.24, 2.45) is 0 Å². The number of fused-ring (bicyclic) bond motifs is 7. The third kappa shape index (κ3) is 6.11. The molecule has 0 unspecified atom stereocenters. The molecule has 0 N–H and O–H groups in total. The molecule has 0 radical (unpaired) electrons. The molecule has 1 heterocycles. The average molecular weight is 853 g/mol. The van der Waals surface area contributed by atoms with Gasteiger partial charge in [0.2, 0.25) is 0 Å². The standard InChI is InChI=1S/C65H44N2/c1-4-24-49(25-5-1)65(50-26-6-2-7-27-50)59-34-15-12-32-55(59)56-41-39-52(44-60(56)65)67(62-37-19-21-45-20-10-11-30-53(45)62)61-35-16-13-31-54(61)48-23-18-22-46(42-48)47-38-40-58-57-33-14-17-36-63(57)66(64(58)43-47)51-28-8-3-9-29-51/h1-44H. The number of hydrogen-bond donors (Lipinski definition) is 0. The lowest BCUT2D eigenvalue weighted by molar-refractivity contribution is 0.768. The number of benzene rings is 11. The molecule has 314 valence electrons. The Balaban J connectivity index is 1.02. The minimum Gasteiger partial charge on any atom is -0.309 e. The molecule has 0 spiro atoms. The fourth-order valence-electron chi connectivity index (χ4n) is 11.2. The fourth-order valence-corrected chi connectivity index (χ4v) is 11.2. The van der Waals surface area contributed by atoms with Crippen molar-refractivity contribution in [2.75, 3.05) is 4.90 Å². The number of aromatic nitrogens is 1. The predicted molar refractivity (Wildman–Crippen MR) is 281 cm³/mol. The van der Waals surface area contributed by atoms with Gasteiger partial charge in [-0.15, -0.1) is 0 Å². The first kappa shape index (κ1) is 38.7. The summed E-state index contributed by atoms with van der Waals surface area (Å²) in [5, 5.41) is 4.89. The van der Waals surface area contributed by atoms with Crippen LogP contribution in [0.3, 0.4) is 0 Å². The molecule has 0 aliphatic heterocycles. The summed E-state index contributed by atoms with van der Waals surface area (Å²) in [5.41, 5.74) is 18.6. The Morgan fingerprint density at radius 2 is 0.881 bits per heavy atom. The summed E-state index contributed by atoms with van der Waals surface area (Å²) in [6.07, 6.45) is 0. The van der Waals surface area contributed by atoms with Crippen molar-refractivity contribution >= 4 is 49.6 Å². The Hall–Kier alpha value is -8.72. The van der Waals surface area contributed by atoms with E-state index in [1.807, 2.05) is 0 Å². The summed E-state index contributed by atoms with van der Waals surface area (Å²) in [4.78, 5) is 2.50. The molecule has 12 aromatic rings. The van der Waals surface area contributed by atoms with Crippen LogP contribution in [0.1, 0.15) is 22.3 Å². The van der Waals surface area contributed by atoms with Crippen LogP contribution in [-0.4, -0.2) is 4.57 Å². The molecule has 0 amide bonds. The molecule has 0 atom stereocenters. The predicted octanol–water partition coefficient (Wildman–Crippen LogP) is 17.1. The molecule has 11 aromatic carbocycles. The maximum Gasteiger partial charge on any atom is 0.0714 e. The van der Waals surface area contributed by atoms with Crippen molar-refractivity contribution in [2.45, 2.75) is 5.41 Å². The third-order valence-electron chi connectivity index (χ3n) is 14.0. The van der Waals surface area contributed by atoms with E-state index in [2.05, 4.69) is 276 Å². The van der Waals surface area contributed by atoms with E-state index in [0.29, 0.717) is 0 Å². The van der Waals surface area contributed by atoms with Gasteiger partial charge in [0, 0.05) is 33.1 Å². The highest BCUT2D eigenvalue weighted by molar-refractivity contribution is 6.10. The smallest absolute Gasteiger partial charge is 0.0714 e. The van der Waals surface area contributed by atoms with E-state index in [9.17, 15) is 0 Å². The molecular weight excluding hydrogens is 809 g/mol. The SMILES string of the molecule is c1ccc(-n2c3ccccc3c3ccc(-c4cccc(-c5ccccc5N(c5ccc6c(c5)C(c5ccccc5)(c5ccccc5)c5ccccc5-6)c5cccc6ccccc56)c4)cc32)cc1. The summed E-state index contributed by atoms with van der Waals surface area (Å²) < 4.78 is 2.40. The second kappa shape index (κ2) is 15.8. The maximum atomic E-state index is 2.50. The van der Waals surface area contributed by atoms with Crippen LogP contribution >= 0.6 is 0 Å². The van der Waals surface area contributed by atoms with Gasteiger partial charge in [0.25, 0.3) is 0 Å². The molecule has 1 aliphatic carbocycles. The average Bonchev–Trinajstić information content (AvgIpc) is 3.90. The van der Waals surface area contributed by atoms with E-state index < -0.39 is 5.41 Å². The molecular formula is C65H44N2. The Morgan fingerprint density at radius 3 is 1.69 bits per heavy atom. The van der Waals surface area contributed by atoms with Gasteiger partial charge in [0.1, 0.15) is 0 Å². The monoisotopic (exact) mass is 852 g/mol. The van der Waals surface area contributed by atoms with Crippen LogP contribution in [0.2, 0.25) is 0 Å². The van der Waals surface area contributed by atoms with Gasteiger partial charge in [-0.1, -0.05) is 212 Å². The molecule has 1 aromatic heterocycles. The van der Waals surface area contributed by atoms with Gasteiger partial charge in [0.15, 0.2) is 0 Å². The minimum atomic E-state index is -0.532. The largest absolute Gasteiger partial charge is 0.309 e. The van der Waals surface area contributed by atoms with Crippen molar-refractivity contribution in [3.63, 3.8) is 0 Å². The molecule has 0 saturated heterocycles. The van der Waals surface area contributed by atoms with E-state index in [4.69, 9.17) is 0 Å². The van der Waals surface area contributed by atoms with Gasteiger partial charge < -0.3 is 9.47 Å². The van der Waals surface area contributed by atoms with E-state index in [-0.39, 0.29) is 0 Å². The topological polar surface area (TPSA) is 8.17 Å². The second-order valence-electron chi connectivity index (χ2n) is 17.6. The zero-order valence-corrected chi connectivity index (χ0v) is 36.8. The van der Waals surface area contributed by atoms with Crippen LogP contribution in [-0.2, 0) is 5.41 Å². The van der Waals surface area contributed by atoms with E-state index >= 15 is 0 Å². The third-order valence-corrected chi connectivity index (χ3v) is 14.0. The number of hydrogen-bond acceptors (Lipinski definition) is 1. The van der Waals surface area contributed by atoms with Crippen molar-refractivity contribution < 1.29 is 0 Å². The molecule has 2 nitrogen and oxygen atoms in total. The number of rotatable bonds is 8. The summed E-state index contributed by atoms with van der Waals surface area (Å²) in [6, 6.07) is 98.2. The molecule has 13 rings (SSSR count). The Bertz CT molecular complexity index is 3770. The molecule has 67 heavy (non-hydrogen) atoms. The van der Waals surface area contributed by atoms with Gasteiger partial charge in [-0.2, -0.15) is 0 Å². The van der Waals surface area contributed by atoms with E-state index in [0.717, 1.165) is 33.9 Å². The summed E-state index contributed by atoms with van der Waals surface area (Å²) in [7, 11) is 0. The van der Waals surface area contributed by atoms with Gasteiger partial charge >= 0.3 is 0 Å². The normalized spacial score (nSPS) is 12.6. The Labute approximate surface area is 390 Å². The van der Waals surface area contributed by atoms with Crippen LogP contribution < -0.4 is 4.90 Å². The first-order chi connectivity index (χ1) is 33.3. The van der Waals surface area contributed by atoms with Crippen molar-refractivity contribution in [3.8, 4) is 39.1 Å². The van der Waals surface area contributed by atoms with Crippen LogP contribution in [0.25, 0.3) is 71.6 Å². The lowest BCUT2D eigenvalue weighted by Crippen LogP contribution is -2.28. The molecule has 0 saturated carbocycles. The molecule has 0 fully saturated rings. The Morgan fingerprint density at radius 1 is 0.313 bits per heavy atom. The number of para-hydroxylation sites is 3. The first-order valence-corrected chi connectivity index (χ1v) is 23.2. The summed E-state index contributed by atoms with van der Waals surface area (Å²) in [5.74, 6) is 0. The van der Waals surface area contributed by atoms with Crippen molar-refractivity contribution in [1.82, 2.24) is 4.57 Å². The highest BCUT2D eigenvalue weighted by Gasteiger charge is 2.46. The lowest BCUT2D eigenvalue weighted by atomic mass is 9.67. The van der Waals surface area contributed by atoms with Crippen molar-refractivity contribution in [1.29, 1.82) is 0 Å². The number of nitrogens with zero attached hydrogens (tertiary/aromatic N) is 2. The molecule has 0 bridgehead atoms. The fraction of sp³-hybridized carbons (Fsp3) is 0.0154. The highest BCUT2D eigenvalue weighted by atomic mass is 15.1. The van der Waals surface area contributed by atoms with Crippen LogP contribution in [0, 0.1) is 0 Å². The second-order valence-corrected chi connectivity index (χ2v) is 17.6. The van der Waals surface area contributed by atoms with Crippen LogP contribution in [0.15, 0.2) is 267 Å². The molecule has 2 heteroatoms. The summed E-state index contributed by atoms with van der Waals surface area (Å²) >= 11 is 0. The minimum absolute atomic E-state index is 0.532. The zero-order valence-electron chi connectivity index (χ0n) is 36.8. The molecule has 1 aliphatic rings. The lowest BCUT2D eigenvalue weighted by Gasteiger charge is -2.35. The van der Waals surface area contributed by atoms with E-state index in [1.165, 1.54) is 77.1 Å². The van der Waals surface area contributed by atoms with Gasteiger partial charge in [-0.25, -0.2) is 0 Å². The van der Waals surface area contributed by atoms with Crippen LogP contribution in [0.5, 0.6) is 0 Å². The maximum absolute atomic E-state index is 2.50. The highest BCUT2D eigenvalue weighted by Crippen LogP contribution is 2.57. The van der Waals surface area contributed by atoms with Gasteiger partial charge in [0.05, 0.1) is 27.8 Å². The van der Waals surface area contributed by atoms with Crippen molar-refractivity contribution in [3.05, 3.63) is 289 Å².